The van der Waals surface area contributed by atoms with Crippen molar-refractivity contribution in [1.82, 2.24) is 4.57 Å². The van der Waals surface area contributed by atoms with E-state index in [9.17, 15) is 50.8 Å². The van der Waals surface area contributed by atoms with Crippen LogP contribution in [0.15, 0.2) is 36.4 Å². The molecule has 2 saturated heterocycles. The van der Waals surface area contributed by atoms with Crippen LogP contribution in [0.25, 0.3) is 21.8 Å². The first-order valence-electron chi connectivity index (χ1n) is 13.5. The highest BCUT2D eigenvalue weighted by Crippen LogP contribution is 2.31. The van der Waals surface area contributed by atoms with E-state index in [1.807, 2.05) is 0 Å². The molecule has 1 unspecified atom stereocenters. The quantitative estimate of drug-likeness (QED) is 0.140. The smallest absolute Gasteiger partial charge is 0.323 e. The number of aromatic nitrogens is 1. The Morgan fingerprint density at radius 1 is 0.674 bits per heavy atom. The summed E-state index contributed by atoms with van der Waals surface area (Å²) in [6.45, 7) is -1.56. The van der Waals surface area contributed by atoms with E-state index >= 15 is 0 Å². The predicted octanol–water partition coefficient (Wildman–Crippen LogP) is -2.73. The molecule has 0 amide bonds. The Morgan fingerprint density at radius 3 is 1.47 bits per heavy atom. The summed E-state index contributed by atoms with van der Waals surface area (Å²) in [5.74, 6) is 9.99. The molecule has 13 nitrogen and oxygen atoms in total. The lowest BCUT2D eigenvalue weighted by Gasteiger charge is -2.37. The number of hydrogen-bond donors (Lipinski definition) is 9. The summed E-state index contributed by atoms with van der Waals surface area (Å²) >= 11 is 0. The van der Waals surface area contributed by atoms with Crippen LogP contribution in [0.3, 0.4) is 0 Å². The van der Waals surface area contributed by atoms with Gasteiger partial charge in [-0.15, -0.1) is 0 Å². The van der Waals surface area contributed by atoms with E-state index in [2.05, 4.69) is 23.7 Å². The van der Waals surface area contributed by atoms with E-state index in [-0.39, 0.29) is 0 Å². The van der Waals surface area contributed by atoms with Gasteiger partial charge in [0.15, 0.2) is 0 Å². The van der Waals surface area contributed by atoms with E-state index < -0.39 is 86.8 Å². The first kappa shape index (κ1) is 30.9. The molecule has 0 aliphatic carbocycles. The monoisotopic (exact) mass is 597 g/mol. The third-order valence-electron chi connectivity index (χ3n) is 7.66. The van der Waals surface area contributed by atoms with Crippen LogP contribution in [0.4, 0.5) is 0 Å². The van der Waals surface area contributed by atoms with Gasteiger partial charge in [0.05, 0.1) is 24.2 Å². The summed E-state index contributed by atoms with van der Waals surface area (Å²) in [4.78, 5) is 11.8. The number of aliphatic hydroxyl groups is 8. The summed E-state index contributed by atoms with van der Waals surface area (Å²) in [7, 11) is 0. The molecule has 3 heterocycles. The van der Waals surface area contributed by atoms with Crippen molar-refractivity contribution in [2.75, 3.05) is 13.2 Å². The van der Waals surface area contributed by atoms with Crippen molar-refractivity contribution in [3.05, 3.63) is 47.5 Å². The molecule has 9 N–H and O–H groups in total. The standard InChI is InChI=1S/C30H31NO12/c32-12-22-27(38)29(40)25(36)20(42-22)7-3-14-1-5-16-17-6-2-15(10-19(17)31(11-24(34)35)18(16)9-14)4-8-21-26(37)30(41)28(39)23(13-33)43-21/h1-2,5-6,9-10,20-23,25-30,32-33,36-41H,11-13H2,(H,34,35)/t20-,21-,22-,23-,25-,26-,27-,28-,29-,30?/m1/s1. The summed E-state index contributed by atoms with van der Waals surface area (Å²) in [5.41, 5.74) is 1.97. The molecular weight excluding hydrogens is 566 g/mol. The van der Waals surface area contributed by atoms with Gasteiger partial charge in [0.1, 0.15) is 67.6 Å². The number of carbonyl (C=O) groups is 1. The number of carboxylic acids is 1. The number of hydrogen-bond acceptors (Lipinski definition) is 11. The van der Waals surface area contributed by atoms with Gasteiger partial charge in [-0.1, -0.05) is 35.8 Å². The lowest BCUT2D eigenvalue weighted by atomic mass is 9.95. The molecule has 1 aromatic heterocycles. The molecule has 0 spiro atoms. The molecule has 3 aromatic rings. The van der Waals surface area contributed by atoms with Gasteiger partial charge in [-0.05, 0) is 24.3 Å². The van der Waals surface area contributed by atoms with Gasteiger partial charge in [0.25, 0.3) is 0 Å². The first-order chi connectivity index (χ1) is 20.5. The van der Waals surface area contributed by atoms with E-state index in [1.165, 1.54) is 0 Å². The molecule has 0 bridgehead atoms. The van der Waals surface area contributed by atoms with Crippen molar-refractivity contribution in [2.24, 2.45) is 0 Å². The number of nitrogens with zero attached hydrogens (tertiary/aromatic N) is 1. The van der Waals surface area contributed by atoms with Gasteiger partial charge < -0.3 is 60.0 Å². The zero-order valence-corrected chi connectivity index (χ0v) is 22.6. The molecule has 2 aromatic carbocycles. The molecule has 2 fully saturated rings. The molecule has 0 radical (unpaired) electrons. The fourth-order valence-corrected chi connectivity index (χ4v) is 5.31. The topological polar surface area (TPSA) is 223 Å². The Bertz CT molecular complexity index is 1520. The van der Waals surface area contributed by atoms with Gasteiger partial charge in [-0.2, -0.15) is 0 Å². The Balaban J connectivity index is 1.49. The average molecular weight is 598 g/mol. The normalized spacial score (nSPS) is 32.6. The van der Waals surface area contributed by atoms with Crippen LogP contribution < -0.4 is 0 Å². The third kappa shape index (κ3) is 5.97. The van der Waals surface area contributed by atoms with E-state index in [1.54, 1.807) is 41.0 Å². The minimum atomic E-state index is -1.57. The highest BCUT2D eigenvalue weighted by atomic mass is 16.5. The van der Waals surface area contributed by atoms with Crippen molar-refractivity contribution in [3.8, 4) is 23.7 Å². The fraction of sp³-hybridized carbons (Fsp3) is 0.433. The molecule has 5 rings (SSSR count). The van der Waals surface area contributed by atoms with Crippen LogP contribution in [0.5, 0.6) is 0 Å². The van der Waals surface area contributed by atoms with Gasteiger partial charge in [-0.3, -0.25) is 4.79 Å². The number of aliphatic hydroxyl groups excluding tert-OH is 8. The molecule has 43 heavy (non-hydrogen) atoms. The SMILES string of the molecule is O=C(O)Cn1c2cc(C#C[C@H]3O[C@H](CO)[C@@H](O)[C@H](O)[C@@H]3O)ccc2c2ccc(C#C[C@H]3O[C@H](CO)[C@@H](O)C(O)[C@@H]3O)cc21. The number of carboxylic acid groups (broad SMARTS) is 1. The van der Waals surface area contributed by atoms with Crippen LogP contribution in [0.1, 0.15) is 11.1 Å². The molecule has 10 atom stereocenters. The maximum Gasteiger partial charge on any atom is 0.323 e. The lowest BCUT2D eigenvalue weighted by molar-refractivity contribution is -0.214. The van der Waals surface area contributed by atoms with Crippen molar-refractivity contribution < 1.29 is 60.2 Å². The first-order valence-corrected chi connectivity index (χ1v) is 13.5. The number of benzene rings is 2. The molecule has 2 aliphatic rings. The van der Waals surface area contributed by atoms with Crippen LogP contribution in [-0.2, 0) is 20.8 Å². The van der Waals surface area contributed by atoms with Gasteiger partial charge in [0.2, 0.25) is 0 Å². The third-order valence-corrected chi connectivity index (χ3v) is 7.66. The predicted molar refractivity (Wildman–Crippen MR) is 148 cm³/mol. The zero-order valence-electron chi connectivity index (χ0n) is 22.6. The van der Waals surface area contributed by atoms with Gasteiger partial charge in [0, 0.05) is 21.9 Å². The summed E-state index contributed by atoms with van der Waals surface area (Å²) < 4.78 is 12.4. The highest BCUT2D eigenvalue weighted by molar-refractivity contribution is 6.09. The van der Waals surface area contributed by atoms with E-state index in [0.717, 1.165) is 10.8 Å². The number of ether oxygens (including phenoxy) is 2. The number of aliphatic carboxylic acids is 1. The number of rotatable bonds is 4. The van der Waals surface area contributed by atoms with Gasteiger partial charge in [-0.25, -0.2) is 0 Å². The molecule has 0 saturated carbocycles. The van der Waals surface area contributed by atoms with Crippen LogP contribution in [0.2, 0.25) is 0 Å². The van der Waals surface area contributed by atoms with Crippen molar-refractivity contribution in [2.45, 2.75) is 67.6 Å². The largest absolute Gasteiger partial charge is 0.480 e. The molecule has 2 aliphatic heterocycles. The minimum absolute atomic E-state index is 0.396. The molecule has 13 heteroatoms. The zero-order chi connectivity index (χ0) is 31.0. The summed E-state index contributed by atoms with van der Waals surface area (Å²) in [6, 6.07) is 10.2. The average Bonchev–Trinajstić information content (AvgIpc) is 3.29. The number of fused-ring (bicyclic) bond motifs is 3. The second kappa shape index (κ2) is 12.6. The van der Waals surface area contributed by atoms with Crippen molar-refractivity contribution in [3.63, 3.8) is 0 Å². The molecular formula is C30H31NO12. The van der Waals surface area contributed by atoms with E-state index in [0.29, 0.717) is 22.2 Å². The lowest BCUT2D eigenvalue weighted by Crippen LogP contribution is -2.58. The highest BCUT2D eigenvalue weighted by Gasteiger charge is 2.43. The van der Waals surface area contributed by atoms with Crippen LogP contribution in [0, 0.1) is 23.7 Å². The van der Waals surface area contributed by atoms with Gasteiger partial charge >= 0.3 is 5.97 Å². The Morgan fingerprint density at radius 2 is 1.09 bits per heavy atom. The van der Waals surface area contributed by atoms with E-state index in [4.69, 9.17) is 9.47 Å². The maximum absolute atomic E-state index is 11.8. The second-order valence-electron chi connectivity index (χ2n) is 10.5. The van der Waals surface area contributed by atoms with Crippen molar-refractivity contribution >= 4 is 27.8 Å². The summed E-state index contributed by atoms with van der Waals surface area (Å²) in [5, 5.41) is 90.4. The Hall–Kier alpha value is -3.57. The Kier molecular flexibility index (Phi) is 9.03. The molecule has 228 valence electrons. The fourth-order valence-electron chi connectivity index (χ4n) is 5.31. The summed E-state index contributed by atoms with van der Waals surface area (Å²) in [6.07, 6.45) is -13.8. The second-order valence-corrected chi connectivity index (χ2v) is 10.5. The van der Waals surface area contributed by atoms with Crippen LogP contribution in [-0.4, -0.2) is 131 Å². The van der Waals surface area contributed by atoms with Crippen LogP contribution >= 0.6 is 0 Å². The Labute approximate surface area is 244 Å². The maximum atomic E-state index is 11.8. The van der Waals surface area contributed by atoms with Crippen molar-refractivity contribution in [1.29, 1.82) is 0 Å². The minimum Gasteiger partial charge on any atom is -0.480 e.